The lowest BCUT2D eigenvalue weighted by Crippen LogP contribution is -2.20. The molecule has 0 spiro atoms. The molecule has 0 radical (unpaired) electrons. The summed E-state index contributed by atoms with van der Waals surface area (Å²) >= 11 is 0. The number of para-hydroxylation sites is 1. The van der Waals surface area contributed by atoms with Gasteiger partial charge < -0.3 is 9.64 Å². The molecule has 4 nitrogen and oxygen atoms in total. The molecule has 1 heterocycles. The summed E-state index contributed by atoms with van der Waals surface area (Å²) in [4.78, 5) is 11.1. The SMILES string of the molecule is COc1cc(N(C)c2ccccc2)nc(C(C)(C)C)n1. The summed E-state index contributed by atoms with van der Waals surface area (Å²) in [6.07, 6.45) is 0. The van der Waals surface area contributed by atoms with Crippen molar-refractivity contribution in [1.82, 2.24) is 9.97 Å². The number of methoxy groups -OCH3 is 1. The summed E-state index contributed by atoms with van der Waals surface area (Å²) in [6, 6.07) is 12.0. The Kier molecular flexibility index (Phi) is 3.93. The molecule has 1 aromatic heterocycles. The van der Waals surface area contributed by atoms with E-state index in [-0.39, 0.29) is 5.41 Å². The van der Waals surface area contributed by atoms with E-state index in [0.29, 0.717) is 5.88 Å². The Balaban J connectivity index is 2.46. The predicted octanol–water partition coefficient (Wildman–Crippen LogP) is 3.55. The van der Waals surface area contributed by atoms with E-state index in [4.69, 9.17) is 4.74 Å². The Labute approximate surface area is 120 Å². The molecule has 0 saturated carbocycles. The minimum Gasteiger partial charge on any atom is -0.481 e. The van der Waals surface area contributed by atoms with Crippen LogP contribution in [0.3, 0.4) is 0 Å². The van der Waals surface area contributed by atoms with E-state index in [1.807, 2.05) is 48.3 Å². The van der Waals surface area contributed by atoms with Crippen molar-refractivity contribution in [2.75, 3.05) is 19.1 Å². The van der Waals surface area contributed by atoms with E-state index in [2.05, 4.69) is 30.7 Å². The maximum absolute atomic E-state index is 5.30. The van der Waals surface area contributed by atoms with E-state index in [1.165, 1.54) is 0 Å². The zero-order valence-electron chi connectivity index (χ0n) is 12.7. The molecule has 4 heteroatoms. The van der Waals surface area contributed by atoms with Gasteiger partial charge in [-0.05, 0) is 12.1 Å². The van der Waals surface area contributed by atoms with Crippen LogP contribution in [0.1, 0.15) is 26.6 Å². The van der Waals surface area contributed by atoms with Crippen molar-refractivity contribution in [3.63, 3.8) is 0 Å². The number of ether oxygens (including phenoxy) is 1. The van der Waals surface area contributed by atoms with Gasteiger partial charge in [0.25, 0.3) is 0 Å². The molecule has 0 amide bonds. The van der Waals surface area contributed by atoms with Gasteiger partial charge >= 0.3 is 0 Å². The van der Waals surface area contributed by atoms with Crippen molar-refractivity contribution in [2.45, 2.75) is 26.2 Å². The van der Waals surface area contributed by atoms with E-state index < -0.39 is 0 Å². The van der Waals surface area contributed by atoms with Crippen molar-refractivity contribution >= 4 is 11.5 Å². The number of nitrogens with zero attached hydrogens (tertiary/aromatic N) is 3. The molecule has 0 saturated heterocycles. The fourth-order valence-electron chi connectivity index (χ4n) is 1.81. The highest BCUT2D eigenvalue weighted by molar-refractivity contribution is 5.59. The Morgan fingerprint density at radius 1 is 1.05 bits per heavy atom. The highest BCUT2D eigenvalue weighted by atomic mass is 16.5. The Morgan fingerprint density at radius 3 is 2.25 bits per heavy atom. The molecule has 0 fully saturated rings. The lowest BCUT2D eigenvalue weighted by atomic mass is 9.96. The lowest BCUT2D eigenvalue weighted by molar-refractivity contribution is 0.389. The molecule has 2 rings (SSSR count). The van der Waals surface area contributed by atoms with Crippen LogP contribution in [0.5, 0.6) is 5.88 Å². The molecule has 0 atom stereocenters. The first kappa shape index (κ1) is 14.3. The second-order valence-electron chi connectivity index (χ2n) is 5.74. The smallest absolute Gasteiger partial charge is 0.218 e. The Hall–Kier alpha value is -2.10. The van der Waals surface area contributed by atoms with Crippen LogP contribution in [0.15, 0.2) is 36.4 Å². The fourth-order valence-corrected chi connectivity index (χ4v) is 1.81. The van der Waals surface area contributed by atoms with Crippen LogP contribution < -0.4 is 9.64 Å². The Bertz CT molecular complexity index is 576. The summed E-state index contributed by atoms with van der Waals surface area (Å²) in [6.45, 7) is 6.27. The number of hydrogen-bond acceptors (Lipinski definition) is 4. The van der Waals surface area contributed by atoms with Gasteiger partial charge in [0.2, 0.25) is 5.88 Å². The average molecular weight is 271 g/mol. The molecule has 0 aliphatic carbocycles. The van der Waals surface area contributed by atoms with Gasteiger partial charge in [-0.3, -0.25) is 0 Å². The third-order valence-corrected chi connectivity index (χ3v) is 3.06. The van der Waals surface area contributed by atoms with Crippen molar-refractivity contribution in [3.8, 4) is 5.88 Å². The van der Waals surface area contributed by atoms with E-state index in [1.54, 1.807) is 7.11 Å². The maximum Gasteiger partial charge on any atom is 0.218 e. The highest BCUT2D eigenvalue weighted by Crippen LogP contribution is 2.27. The number of benzene rings is 1. The number of anilines is 2. The van der Waals surface area contributed by atoms with Crippen LogP contribution in [-0.4, -0.2) is 24.1 Å². The molecule has 2 aromatic rings. The molecule has 0 bridgehead atoms. The molecule has 0 unspecified atom stereocenters. The second-order valence-corrected chi connectivity index (χ2v) is 5.74. The van der Waals surface area contributed by atoms with Gasteiger partial charge in [0.05, 0.1) is 7.11 Å². The molecular weight excluding hydrogens is 250 g/mol. The van der Waals surface area contributed by atoms with E-state index in [9.17, 15) is 0 Å². The van der Waals surface area contributed by atoms with Crippen molar-refractivity contribution in [3.05, 3.63) is 42.2 Å². The fraction of sp³-hybridized carbons (Fsp3) is 0.375. The van der Waals surface area contributed by atoms with Gasteiger partial charge in [0, 0.05) is 24.2 Å². The average Bonchev–Trinajstić information content (AvgIpc) is 2.46. The van der Waals surface area contributed by atoms with Crippen LogP contribution in [0.25, 0.3) is 0 Å². The van der Waals surface area contributed by atoms with Crippen LogP contribution in [-0.2, 0) is 5.41 Å². The highest BCUT2D eigenvalue weighted by Gasteiger charge is 2.20. The first-order chi connectivity index (χ1) is 9.41. The quantitative estimate of drug-likeness (QED) is 0.855. The van der Waals surface area contributed by atoms with Gasteiger partial charge in [-0.15, -0.1) is 0 Å². The minimum atomic E-state index is -0.124. The second kappa shape index (κ2) is 5.49. The summed E-state index contributed by atoms with van der Waals surface area (Å²) in [5.74, 6) is 2.19. The standard InChI is InChI=1S/C16H21N3O/c1-16(2,3)15-17-13(11-14(18-15)20-5)19(4)12-9-7-6-8-10-12/h6-11H,1-5H3. The van der Waals surface area contributed by atoms with Gasteiger partial charge in [0.15, 0.2) is 0 Å². The first-order valence-corrected chi connectivity index (χ1v) is 6.64. The molecule has 0 aliphatic heterocycles. The molecule has 1 aromatic carbocycles. The lowest BCUT2D eigenvalue weighted by Gasteiger charge is -2.23. The third-order valence-electron chi connectivity index (χ3n) is 3.06. The molecule has 106 valence electrons. The van der Waals surface area contributed by atoms with Crippen LogP contribution in [0.4, 0.5) is 11.5 Å². The van der Waals surface area contributed by atoms with Crippen molar-refractivity contribution in [1.29, 1.82) is 0 Å². The summed E-state index contributed by atoms with van der Waals surface area (Å²) < 4.78 is 5.30. The molecule has 0 aliphatic rings. The van der Waals surface area contributed by atoms with Crippen molar-refractivity contribution in [2.24, 2.45) is 0 Å². The number of hydrogen-bond donors (Lipinski definition) is 0. The number of aromatic nitrogens is 2. The van der Waals surface area contributed by atoms with Gasteiger partial charge in [0.1, 0.15) is 11.6 Å². The molecular formula is C16H21N3O. The minimum absolute atomic E-state index is 0.124. The molecule has 20 heavy (non-hydrogen) atoms. The summed E-state index contributed by atoms with van der Waals surface area (Å²) in [5, 5.41) is 0. The zero-order chi connectivity index (χ0) is 14.8. The largest absolute Gasteiger partial charge is 0.481 e. The first-order valence-electron chi connectivity index (χ1n) is 6.64. The third kappa shape index (κ3) is 3.07. The zero-order valence-corrected chi connectivity index (χ0v) is 12.7. The van der Waals surface area contributed by atoms with Gasteiger partial charge in [-0.1, -0.05) is 39.0 Å². The monoisotopic (exact) mass is 271 g/mol. The number of rotatable bonds is 3. The van der Waals surface area contributed by atoms with Crippen LogP contribution in [0.2, 0.25) is 0 Å². The summed E-state index contributed by atoms with van der Waals surface area (Å²) in [5.41, 5.74) is 0.953. The normalized spacial score (nSPS) is 11.2. The predicted molar refractivity (Wildman–Crippen MR) is 81.8 cm³/mol. The van der Waals surface area contributed by atoms with E-state index >= 15 is 0 Å². The van der Waals surface area contributed by atoms with Crippen molar-refractivity contribution < 1.29 is 4.74 Å². The summed E-state index contributed by atoms with van der Waals surface area (Å²) in [7, 11) is 3.62. The van der Waals surface area contributed by atoms with Crippen LogP contribution in [0, 0.1) is 0 Å². The van der Waals surface area contributed by atoms with Gasteiger partial charge in [-0.25, -0.2) is 4.98 Å². The Morgan fingerprint density at radius 2 is 1.70 bits per heavy atom. The van der Waals surface area contributed by atoms with E-state index in [0.717, 1.165) is 17.3 Å². The molecule has 0 N–H and O–H groups in total. The topological polar surface area (TPSA) is 38.2 Å². The van der Waals surface area contributed by atoms with Crippen LogP contribution >= 0.6 is 0 Å². The maximum atomic E-state index is 5.30. The van der Waals surface area contributed by atoms with Gasteiger partial charge in [-0.2, -0.15) is 4.98 Å².